The molecule has 1 amide bonds. The summed E-state index contributed by atoms with van der Waals surface area (Å²) in [5.74, 6) is -0.164. The Bertz CT molecular complexity index is 1200. The Hall–Kier alpha value is -3.46. The molecule has 2 heterocycles. The molecule has 4 rings (SSSR count). The maximum Gasteiger partial charge on any atom is 0.277 e. The first-order chi connectivity index (χ1) is 14.7. The highest BCUT2D eigenvalue weighted by Crippen LogP contribution is 2.17. The molecular weight excluding hydrogens is 400 g/mol. The molecule has 30 heavy (non-hydrogen) atoms. The van der Waals surface area contributed by atoms with E-state index >= 15 is 0 Å². The van der Waals surface area contributed by atoms with Gasteiger partial charge in [-0.1, -0.05) is 59.0 Å². The second kappa shape index (κ2) is 9.36. The average Bonchev–Trinajstić information content (AvgIpc) is 3.22. The average molecular weight is 420 g/mol. The summed E-state index contributed by atoms with van der Waals surface area (Å²) in [7, 11) is 0. The van der Waals surface area contributed by atoms with E-state index in [4.69, 9.17) is 0 Å². The number of aryl methyl sites for hydroxylation is 3. The monoisotopic (exact) mass is 420 g/mol. The lowest BCUT2D eigenvalue weighted by atomic mass is 10.1. The third-order valence-electron chi connectivity index (χ3n) is 4.59. The van der Waals surface area contributed by atoms with Crippen LogP contribution < -0.4 is 10.9 Å². The van der Waals surface area contributed by atoms with E-state index in [1.807, 2.05) is 24.3 Å². The second-order valence-electron chi connectivity index (χ2n) is 6.77. The highest BCUT2D eigenvalue weighted by molar-refractivity contribution is 7.15. The van der Waals surface area contributed by atoms with Crippen LogP contribution in [0.25, 0.3) is 10.9 Å². The van der Waals surface area contributed by atoms with E-state index in [0.29, 0.717) is 29.0 Å². The normalized spacial score (nSPS) is 10.9. The molecular formula is C21H20N6O2S. The maximum atomic E-state index is 12.4. The highest BCUT2D eigenvalue weighted by Gasteiger charge is 2.10. The summed E-state index contributed by atoms with van der Waals surface area (Å²) < 4.78 is 1.29. The minimum atomic E-state index is -0.201. The Morgan fingerprint density at radius 3 is 2.63 bits per heavy atom. The molecule has 1 N–H and O–H groups in total. The van der Waals surface area contributed by atoms with Crippen LogP contribution in [0.4, 0.5) is 5.13 Å². The number of hydrogen-bond donors (Lipinski definition) is 1. The Morgan fingerprint density at radius 2 is 1.77 bits per heavy atom. The molecule has 9 heteroatoms. The van der Waals surface area contributed by atoms with Gasteiger partial charge in [-0.15, -0.1) is 15.3 Å². The van der Waals surface area contributed by atoms with Crippen molar-refractivity contribution in [3.63, 3.8) is 0 Å². The van der Waals surface area contributed by atoms with Crippen molar-refractivity contribution in [2.75, 3.05) is 5.32 Å². The number of aromatic nitrogens is 5. The zero-order valence-corrected chi connectivity index (χ0v) is 17.0. The van der Waals surface area contributed by atoms with Gasteiger partial charge < -0.3 is 5.32 Å². The predicted molar refractivity (Wildman–Crippen MR) is 115 cm³/mol. The summed E-state index contributed by atoms with van der Waals surface area (Å²) in [5.41, 5.74) is 1.61. The van der Waals surface area contributed by atoms with Crippen LogP contribution >= 0.6 is 11.3 Å². The maximum absolute atomic E-state index is 12.4. The van der Waals surface area contributed by atoms with Gasteiger partial charge in [-0.2, -0.15) is 0 Å². The van der Waals surface area contributed by atoms with E-state index in [1.165, 1.54) is 21.6 Å². The number of carbonyl (C=O) groups excluding carboxylic acids is 1. The summed E-state index contributed by atoms with van der Waals surface area (Å²) in [6.07, 6.45) is 2.38. The van der Waals surface area contributed by atoms with E-state index in [9.17, 15) is 9.59 Å². The number of amides is 1. The fourth-order valence-corrected chi connectivity index (χ4v) is 3.80. The largest absolute Gasteiger partial charge is 0.301 e. The van der Waals surface area contributed by atoms with Crippen LogP contribution in [-0.4, -0.2) is 31.1 Å². The molecule has 0 atom stereocenters. The molecule has 2 aromatic heterocycles. The van der Waals surface area contributed by atoms with Crippen LogP contribution in [0.3, 0.4) is 0 Å². The van der Waals surface area contributed by atoms with Gasteiger partial charge in [0.25, 0.3) is 5.56 Å². The lowest BCUT2D eigenvalue weighted by Gasteiger charge is -2.04. The SMILES string of the molecule is O=C(CCCn1nnc2ccccc2c1=O)Nc1nnc(CCc2ccccc2)s1. The van der Waals surface area contributed by atoms with Gasteiger partial charge in [-0.3, -0.25) is 9.59 Å². The zero-order valence-electron chi connectivity index (χ0n) is 16.2. The summed E-state index contributed by atoms with van der Waals surface area (Å²) in [5, 5.41) is 20.8. The van der Waals surface area contributed by atoms with Crippen LogP contribution in [0.2, 0.25) is 0 Å². The number of nitrogens with zero attached hydrogens (tertiary/aromatic N) is 5. The Balaban J connectivity index is 1.26. The molecule has 0 radical (unpaired) electrons. The summed E-state index contributed by atoms with van der Waals surface area (Å²) in [6, 6.07) is 17.2. The quantitative estimate of drug-likeness (QED) is 0.470. The van der Waals surface area contributed by atoms with Crippen LogP contribution in [0.15, 0.2) is 59.4 Å². The van der Waals surface area contributed by atoms with Crippen LogP contribution in [0.5, 0.6) is 0 Å². The number of rotatable bonds is 8. The first-order valence-electron chi connectivity index (χ1n) is 9.68. The van der Waals surface area contributed by atoms with Crippen molar-refractivity contribution in [2.45, 2.75) is 32.2 Å². The zero-order chi connectivity index (χ0) is 20.8. The smallest absolute Gasteiger partial charge is 0.277 e. The number of fused-ring (bicyclic) bond motifs is 1. The standard InChI is InChI=1S/C21H20N6O2S/c28-18(11-6-14-27-20(29)16-9-4-5-10-17(16)23-26-27)22-21-25-24-19(30-21)13-12-15-7-2-1-3-8-15/h1-5,7-10H,6,11-14H2,(H,22,25,28). The van der Waals surface area contributed by atoms with E-state index < -0.39 is 0 Å². The van der Waals surface area contributed by atoms with Gasteiger partial charge in [0.15, 0.2) is 0 Å². The lowest BCUT2D eigenvalue weighted by molar-refractivity contribution is -0.116. The summed E-state index contributed by atoms with van der Waals surface area (Å²) in [6.45, 7) is 0.322. The van der Waals surface area contributed by atoms with Gasteiger partial charge in [0, 0.05) is 19.4 Å². The Morgan fingerprint density at radius 1 is 0.967 bits per heavy atom. The van der Waals surface area contributed by atoms with Gasteiger partial charge in [0.05, 0.1) is 5.39 Å². The molecule has 0 spiro atoms. The molecule has 0 saturated carbocycles. The van der Waals surface area contributed by atoms with Crippen molar-refractivity contribution in [3.05, 3.63) is 75.5 Å². The molecule has 0 bridgehead atoms. The molecule has 2 aromatic carbocycles. The van der Waals surface area contributed by atoms with E-state index in [1.54, 1.807) is 18.2 Å². The molecule has 0 unspecified atom stereocenters. The van der Waals surface area contributed by atoms with Gasteiger partial charge in [-0.25, -0.2) is 4.68 Å². The fraction of sp³-hybridized carbons (Fsp3) is 0.238. The Kier molecular flexibility index (Phi) is 6.19. The lowest BCUT2D eigenvalue weighted by Crippen LogP contribution is -2.25. The van der Waals surface area contributed by atoms with E-state index in [0.717, 1.165) is 17.8 Å². The fourth-order valence-electron chi connectivity index (χ4n) is 3.04. The highest BCUT2D eigenvalue weighted by atomic mass is 32.1. The molecule has 4 aromatic rings. The van der Waals surface area contributed by atoms with Crippen molar-refractivity contribution in [3.8, 4) is 0 Å². The molecule has 152 valence electrons. The van der Waals surface area contributed by atoms with Crippen LogP contribution in [-0.2, 0) is 24.2 Å². The van der Waals surface area contributed by atoms with Crippen molar-refractivity contribution in [2.24, 2.45) is 0 Å². The summed E-state index contributed by atoms with van der Waals surface area (Å²) >= 11 is 1.38. The molecule has 8 nitrogen and oxygen atoms in total. The molecule has 0 saturated heterocycles. The third-order valence-corrected chi connectivity index (χ3v) is 5.49. The van der Waals surface area contributed by atoms with Crippen molar-refractivity contribution >= 4 is 33.3 Å². The van der Waals surface area contributed by atoms with Crippen LogP contribution in [0, 0.1) is 0 Å². The number of carbonyl (C=O) groups is 1. The number of anilines is 1. The first kappa shape index (κ1) is 19.8. The van der Waals surface area contributed by atoms with Gasteiger partial charge in [0.1, 0.15) is 10.5 Å². The first-order valence-corrected chi connectivity index (χ1v) is 10.5. The van der Waals surface area contributed by atoms with Crippen LogP contribution in [0.1, 0.15) is 23.4 Å². The topological polar surface area (TPSA) is 103 Å². The van der Waals surface area contributed by atoms with Crippen molar-refractivity contribution in [1.82, 2.24) is 25.2 Å². The molecule has 0 fully saturated rings. The molecule has 0 aliphatic heterocycles. The van der Waals surface area contributed by atoms with Gasteiger partial charge >= 0.3 is 0 Å². The third kappa shape index (κ3) is 4.93. The minimum Gasteiger partial charge on any atom is -0.301 e. The van der Waals surface area contributed by atoms with E-state index in [-0.39, 0.29) is 17.9 Å². The van der Waals surface area contributed by atoms with Gasteiger partial charge in [0.2, 0.25) is 11.0 Å². The van der Waals surface area contributed by atoms with Crippen molar-refractivity contribution < 1.29 is 4.79 Å². The summed E-state index contributed by atoms with van der Waals surface area (Å²) in [4.78, 5) is 24.6. The molecule has 0 aliphatic carbocycles. The number of benzene rings is 2. The minimum absolute atomic E-state index is 0.164. The predicted octanol–water partition coefficient (Wildman–Crippen LogP) is 2.85. The Labute approximate surface area is 176 Å². The van der Waals surface area contributed by atoms with Crippen molar-refractivity contribution in [1.29, 1.82) is 0 Å². The van der Waals surface area contributed by atoms with E-state index in [2.05, 4.69) is 38.0 Å². The van der Waals surface area contributed by atoms with Gasteiger partial charge in [-0.05, 0) is 30.5 Å². The molecule has 0 aliphatic rings. The number of nitrogens with one attached hydrogen (secondary N) is 1. The number of hydrogen-bond acceptors (Lipinski definition) is 7. The second-order valence-corrected chi connectivity index (χ2v) is 7.84.